The molecule has 0 fully saturated rings. The molecule has 60 valence electrons. The maximum absolute atomic E-state index is 5.20. The van der Waals surface area contributed by atoms with Crippen molar-refractivity contribution >= 4 is 39.1 Å². The van der Waals surface area contributed by atoms with Crippen LogP contribution in [0.15, 0.2) is 33.3 Å². The number of hydrogen-bond acceptors (Lipinski definition) is 3. The summed E-state index contributed by atoms with van der Waals surface area (Å²) in [5.74, 6) is 0. The molecule has 0 unspecified atom stereocenters. The second kappa shape index (κ2) is 2.95. The monoisotopic (exact) mass is 241 g/mol. The van der Waals surface area contributed by atoms with Crippen molar-refractivity contribution in [1.29, 1.82) is 0 Å². The summed E-state index contributed by atoms with van der Waals surface area (Å²) in [5.41, 5.74) is 0.762. The summed E-state index contributed by atoms with van der Waals surface area (Å²) >= 11 is 8.14. The van der Waals surface area contributed by atoms with Crippen LogP contribution in [0.2, 0.25) is 0 Å². The fourth-order valence-electron chi connectivity index (χ4n) is 0.956. The first-order valence-corrected chi connectivity index (χ1v) is 4.51. The molecule has 0 atom stereocenters. The summed E-state index contributed by atoms with van der Waals surface area (Å²) in [5, 5.41) is 0.943. The molecule has 0 aliphatic carbocycles. The molecule has 1 aromatic heterocycles. The van der Waals surface area contributed by atoms with E-state index in [0.717, 1.165) is 15.4 Å². The van der Waals surface area contributed by atoms with Gasteiger partial charge in [0.2, 0.25) is 0 Å². The molecule has 0 N–H and O–H groups in total. The molecule has 0 amide bonds. The number of nitrogens with zero attached hydrogens (tertiary/aromatic N) is 1. The summed E-state index contributed by atoms with van der Waals surface area (Å²) in [7, 11) is 0. The normalized spacial score (nSPS) is 10.4. The molecular weight excluding hydrogens is 238 g/mol. The Morgan fingerprint density at radius 1 is 1.42 bits per heavy atom. The first-order chi connectivity index (χ1) is 5.75. The Morgan fingerprint density at radius 3 is 3.08 bits per heavy atom. The minimum absolute atomic E-state index is 0.268. The molecule has 0 saturated heterocycles. The van der Waals surface area contributed by atoms with E-state index in [2.05, 4.69) is 20.9 Å². The first-order valence-electron chi connectivity index (χ1n) is 3.31. The minimum Gasteiger partial charge on any atom is -0.430 e. The molecule has 1 heterocycles. The van der Waals surface area contributed by atoms with Crippen molar-refractivity contribution in [2.75, 3.05) is 0 Å². The molecule has 0 bridgehead atoms. The van der Waals surface area contributed by atoms with Crippen LogP contribution in [0, 0.1) is 4.84 Å². The molecule has 2 nitrogen and oxygen atoms in total. The molecule has 2 aromatic rings. The smallest absolute Gasteiger partial charge is 0.288 e. The fourth-order valence-corrected chi connectivity index (χ4v) is 1.48. The highest BCUT2D eigenvalue weighted by Gasteiger charge is 1.95. The van der Waals surface area contributed by atoms with Crippen molar-refractivity contribution in [3.8, 4) is 0 Å². The number of fused-ring (bicyclic) bond motifs is 1. The van der Waals surface area contributed by atoms with Gasteiger partial charge < -0.3 is 4.42 Å². The standard InChI is InChI=1S/C8H4BrNOS/c9-6-1-2-7-5(3-6)4-10-8(12)11-7/h1-4H. The van der Waals surface area contributed by atoms with Gasteiger partial charge in [-0.25, -0.2) is 4.98 Å². The van der Waals surface area contributed by atoms with Crippen molar-refractivity contribution in [3.63, 3.8) is 0 Å². The van der Waals surface area contributed by atoms with Crippen LogP contribution < -0.4 is 0 Å². The Labute approximate surface area is 82.4 Å². The SMILES string of the molecule is S=c1ncc2cc(Br)ccc2o1. The van der Waals surface area contributed by atoms with Gasteiger partial charge in [0.25, 0.3) is 4.84 Å². The van der Waals surface area contributed by atoms with Gasteiger partial charge in [0, 0.05) is 16.1 Å². The van der Waals surface area contributed by atoms with Crippen LogP contribution in [0.5, 0.6) is 0 Å². The van der Waals surface area contributed by atoms with Gasteiger partial charge in [-0.15, -0.1) is 0 Å². The van der Waals surface area contributed by atoms with Crippen LogP contribution in [-0.4, -0.2) is 4.98 Å². The van der Waals surface area contributed by atoms with Crippen LogP contribution in [0.3, 0.4) is 0 Å². The zero-order chi connectivity index (χ0) is 8.55. The van der Waals surface area contributed by atoms with Gasteiger partial charge in [-0.05, 0) is 30.4 Å². The van der Waals surface area contributed by atoms with Crippen molar-refractivity contribution in [1.82, 2.24) is 4.98 Å². The molecular formula is C8H4BrNOS. The summed E-state index contributed by atoms with van der Waals surface area (Å²) < 4.78 is 6.20. The molecule has 4 heteroatoms. The Bertz CT molecular complexity index is 480. The van der Waals surface area contributed by atoms with Crippen LogP contribution in [-0.2, 0) is 0 Å². The van der Waals surface area contributed by atoms with E-state index in [1.807, 2.05) is 18.2 Å². The van der Waals surface area contributed by atoms with Gasteiger partial charge >= 0.3 is 0 Å². The molecule has 0 aliphatic rings. The van der Waals surface area contributed by atoms with Crippen molar-refractivity contribution in [3.05, 3.63) is 33.7 Å². The highest BCUT2D eigenvalue weighted by atomic mass is 79.9. The van der Waals surface area contributed by atoms with Crippen LogP contribution in [0.25, 0.3) is 11.0 Å². The Balaban J connectivity index is 2.87. The average Bonchev–Trinajstić information content (AvgIpc) is 2.05. The maximum Gasteiger partial charge on any atom is 0.288 e. The van der Waals surface area contributed by atoms with Crippen molar-refractivity contribution in [2.24, 2.45) is 0 Å². The van der Waals surface area contributed by atoms with Crippen LogP contribution in [0.1, 0.15) is 0 Å². The lowest BCUT2D eigenvalue weighted by Gasteiger charge is -1.94. The van der Waals surface area contributed by atoms with E-state index in [9.17, 15) is 0 Å². The van der Waals surface area contributed by atoms with E-state index < -0.39 is 0 Å². The lowest BCUT2D eigenvalue weighted by Crippen LogP contribution is -1.76. The number of benzene rings is 1. The van der Waals surface area contributed by atoms with Gasteiger partial charge in [0.05, 0.1) is 0 Å². The van der Waals surface area contributed by atoms with Gasteiger partial charge in [-0.3, -0.25) is 0 Å². The third-order valence-corrected chi connectivity index (χ3v) is 2.16. The second-order valence-corrected chi connectivity index (χ2v) is 3.57. The highest BCUT2D eigenvalue weighted by molar-refractivity contribution is 9.10. The van der Waals surface area contributed by atoms with E-state index in [-0.39, 0.29) is 4.84 Å². The van der Waals surface area contributed by atoms with Crippen LogP contribution in [0.4, 0.5) is 0 Å². The highest BCUT2D eigenvalue weighted by Crippen LogP contribution is 2.18. The number of aromatic nitrogens is 1. The topological polar surface area (TPSA) is 26.0 Å². The van der Waals surface area contributed by atoms with Gasteiger partial charge in [-0.1, -0.05) is 15.9 Å². The van der Waals surface area contributed by atoms with Crippen molar-refractivity contribution < 1.29 is 4.42 Å². The number of rotatable bonds is 0. The molecule has 0 spiro atoms. The average molecular weight is 242 g/mol. The Kier molecular flexibility index (Phi) is 1.94. The van der Waals surface area contributed by atoms with E-state index in [0.29, 0.717) is 0 Å². The predicted octanol–water partition coefficient (Wildman–Crippen LogP) is 3.32. The molecule has 12 heavy (non-hydrogen) atoms. The van der Waals surface area contributed by atoms with Crippen molar-refractivity contribution in [2.45, 2.75) is 0 Å². The molecule has 0 aliphatic heterocycles. The van der Waals surface area contributed by atoms with E-state index in [1.165, 1.54) is 0 Å². The number of hydrogen-bond donors (Lipinski definition) is 0. The maximum atomic E-state index is 5.20. The summed E-state index contributed by atoms with van der Waals surface area (Å²) in [6.45, 7) is 0. The zero-order valence-electron chi connectivity index (χ0n) is 5.95. The lowest BCUT2D eigenvalue weighted by atomic mass is 10.3. The molecule has 2 rings (SSSR count). The third-order valence-electron chi connectivity index (χ3n) is 1.48. The minimum atomic E-state index is 0.268. The Morgan fingerprint density at radius 2 is 2.25 bits per heavy atom. The van der Waals surface area contributed by atoms with Gasteiger partial charge in [0.1, 0.15) is 5.58 Å². The quantitative estimate of drug-likeness (QED) is 0.663. The lowest BCUT2D eigenvalue weighted by molar-refractivity contribution is 0.560. The second-order valence-electron chi connectivity index (χ2n) is 2.31. The van der Waals surface area contributed by atoms with E-state index in [1.54, 1.807) is 6.20 Å². The third kappa shape index (κ3) is 1.40. The largest absolute Gasteiger partial charge is 0.430 e. The Hall–Kier alpha value is -0.740. The van der Waals surface area contributed by atoms with Gasteiger partial charge in [-0.2, -0.15) is 0 Å². The number of halogens is 1. The van der Waals surface area contributed by atoms with Crippen LogP contribution >= 0.6 is 28.1 Å². The fraction of sp³-hybridized carbons (Fsp3) is 0. The predicted molar refractivity (Wildman–Crippen MR) is 52.5 cm³/mol. The summed E-state index contributed by atoms with van der Waals surface area (Å²) in [6, 6.07) is 5.69. The molecule has 0 radical (unpaired) electrons. The van der Waals surface area contributed by atoms with E-state index in [4.69, 9.17) is 16.6 Å². The summed E-state index contributed by atoms with van der Waals surface area (Å²) in [6.07, 6.45) is 1.70. The first kappa shape index (κ1) is 7.89. The molecule has 0 saturated carbocycles. The zero-order valence-corrected chi connectivity index (χ0v) is 8.35. The summed E-state index contributed by atoms with van der Waals surface area (Å²) in [4.78, 5) is 4.14. The molecule has 1 aromatic carbocycles. The van der Waals surface area contributed by atoms with E-state index >= 15 is 0 Å². The van der Waals surface area contributed by atoms with Gasteiger partial charge in [0.15, 0.2) is 0 Å².